The van der Waals surface area contributed by atoms with Crippen LogP contribution in [0.25, 0.3) is 0 Å². The molecule has 2 N–H and O–H groups in total. The van der Waals surface area contributed by atoms with Crippen LogP contribution in [-0.4, -0.2) is 11.7 Å². The highest BCUT2D eigenvalue weighted by molar-refractivity contribution is 9.10. The lowest BCUT2D eigenvalue weighted by Gasteiger charge is -2.18. The Morgan fingerprint density at radius 3 is 2.50 bits per heavy atom. The van der Waals surface area contributed by atoms with Gasteiger partial charge >= 0.3 is 0 Å². The summed E-state index contributed by atoms with van der Waals surface area (Å²) >= 11 is 9.34. The molecule has 2 aromatic rings. The molecule has 2 aromatic carbocycles. The lowest BCUT2D eigenvalue weighted by atomic mass is 10.1. The van der Waals surface area contributed by atoms with Crippen LogP contribution in [-0.2, 0) is 0 Å². The molecule has 0 aliphatic rings. The van der Waals surface area contributed by atoms with Crippen LogP contribution >= 0.6 is 27.5 Å². The Bertz CT molecular complexity index is 515. The molecule has 4 heteroatoms. The van der Waals surface area contributed by atoms with E-state index in [1.165, 1.54) is 0 Å². The summed E-state index contributed by atoms with van der Waals surface area (Å²) in [5, 5.41) is 13.4. The molecule has 0 aliphatic carbocycles. The number of nitrogens with one attached hydrogen (secondary N) is 1. The first-order valence-electron chi connectivity index (χ1n) is 5.57. The first kappa shape index (κ1) is 13.4. The molecule has 0 fully saturated rings. The van der Waals surface area contributed by atoms with Gasteiger partial charge in [0.25, 0.3) is 0 Å². The largest absolute Gasteiger partial charge is 0.394 e. The van der Waals surface area contributed by atoms with Crippen molar-refractivity contribution in [2.75, 3.05) is 11.9 Å². The summed E-state index contributed by atoms with van der Waals surface area (Å²) in [7, 11) is 0. The van der Waals surface area contributed by atoms with E-state index in [9.17, 15) is 5.11 Å². The first-order valence-corrected chi connectivity index (χ1v) is 6.74. The highest BCUT2D eigenvalue weighted by Gasteiger charge is 2.10. The Hall–Kier alpha value is -1.03. The third-order valence-corrected chi connectivity index (χ3v) is 3.38. The van der Waals surface area contributed by atoms with Crippen molar-refractivity contribution in [2.24, 2.45) is 0 Å². The zero-order valence-electron chi connectivity index (χ0n) is 9.61. The van der Waals surface area contributed by atoms with E-state index >= 15 is 0 Å². The predicted molar refractivity (Wildman–Crippen MR) is 79.0 cm³/mol. The second-order valence-corrected chi connectivity index (χ2v) is 5.29. The molecule has 0 aromatic heterocycles. The highest BCUT2D eigenvalue weighted by atomic mass is 79.9. The molecule has 0 heterocycles. The molecule has 2 rings (SSSR count). The molecule has 94 valence electrons. The summed E-state index contributed by atoms with van der Waals surface area (Å²) in [4.78, 5) is 0. The van der Waals surface area contributed by atoms with Crippen LogP contribution in [0.5, 0.6) is 0 Å². The SMILES string of the molecule is OCC(Nc1ccc(Br)cc1)c1cccc(Cl)c1. The molecule has 2 nitrogen and oxygen atoms in total. The number of halogens is 2. The van der Waals surface area contributed by atoms with Gasteiger partial charge in [0, 0.05) is 15.2 Å². The summed E-state index contributed by atoms with van der Waals surface area (Å²) in [5.41, 5.74) is 1.92. The van der Waals surface area contributed by atoms with E-state index in [-0.39, 0.29) is 12.6 Å². The molecule has 0 amide bonds. The molecule has 0 spiro atoms. The van der Waals surface area contributed by atoms with Crippen LogP contribution in [0, 0.1) is 0 Å². The smallest absolute Gasteiger partial charge is 0.0745 e. The van der Waals surface area contributed by atoms with Gasteiger partial charge in [0.05, 0.1) is 12.6 Å². The Balaban J connectivity index is 2.17. The van der Waals surface area contributed by atoms with Crippen molar-refractivity contribution in [1.82, 2.24) is 0 Å². The van der Waals surface area contributed by atoms with Gasteiger partial charge in [-0.15, -0.1) is 0 Å². The minimum Gasteiger partial charge on any atom is -0.394 e. The van der Waals surface area contributed by atoms with Crippen LogP contribution in [0.3, 0.4) is 0 Å². The second-order valence-electron chi connectivity index (χ2n) is 3.94. The number of aliphatic hydroxyl groups excluding tert-OH is 1. The van der Waals surface area contributed by atoms with Crippen molar-refractivity contribution in [3.63, 3.8) is 0 Å². The number of hydrogen-bond donors (Lipinski definition) is 2. The number of benzene rings is 2. The number of hydrogen-bond acceptors (Lipinski definition) is 2. The van der Waals surface area contributed by atoms with Crippen molar-refractivity contribution in [2.45, 2.75) is 6.04 Å². The lowest BCUT2D eigenvalue weighted by Crippen LogP contribution is -2.14. The van der Waals surface area contributed by atoms with Crippen LogP contribution in [0.2, 0.25) is 5.02 Å². The molecular formula is C14H13BrClNO. The third-order valence-electron chi connectivity index (χ3n) is 2.62. The zero-order valence-corrected chi connectivity index (χ0v) is 11.9. The third kappa shape index (κ3) is 3.48. The molecule has 0 saturated carbocycles. The van der Waals surface area contributed by atoms with E-state index in [0.717, 1.165) is 15.7 Å². The van der Waals surface area contributed by atoms with E-state index in [1.807, 2.05) is 48.5 Å². The van der Waals surface area contributed by atoms with Crippen molar-refractivity contribution >= 4 is 33.2 Å². The second kappa shape index (κ2) is 6.23. The maximum absolute atomic E-state index is 9.47. The predicted octanol–water partition coefficient (Wildman–Crippen LogP) is 4.25. The van der Waals surface area contributed by atoms with Gasteiger partial charge in [0.1, 0.15) is 0 Å². The fourth-order valence-corrected chi connectivity index (χ4v) is 2.17. The fraction of sp³-hybridized carbons (Fsp3) is 0.143. The topological polar surface area (TPSA) is 32.3 Å². The Morgan fingerprint density at radius 1 is 1.17 bits per heavy atom. The molecular weight excluding hydrogens is 314 g/mol. The Labute approximate surface area is 120 Å². The van der Waals surface area contributed by atoms with Gasteiger partial charge in [0.15, 0.2) is 0 Å². The molecule has 18 heavy (non-hydrogen) atoms. The molecule has 1 atom stereocenters. The average molecular weight is 327 g/mol. The Kier molecular flexibility index (Phi) is 4.64. The molecule has 0 bridgehead atoms. The van der Waals surface area contributed by atoms with Gasteiger partial charge in [-0.05, 0) is 42.0 Å². The van der Waals surface area contributed by atoms with Crippen molar-refractivity contribution < 1.29 is 5.11 Å². The number of aliphatic hydroxyl groups is 1. The van der Waals surface area contributed by atoms with Crippen LogP contribution in [0.15, 0.2) is 53.0 Å². The van der Waals surface area contributed by atoms with Crippen LogP contribution in [0.4, 0.5) is 5.69 Å². The van der Waals surface area contributed by atoms with Crippen molar-refractivity contribution in [3.05, 3.63) is 63.6 Å². The van der Waals surface area contributed by atoms with E-state index in [4.69, 9.17) is 11.6 Å². The average Bonchev–Trinajstić information content (AvgIpc) is 2.38. The van der Waals surface area contributed by atoms with Gasteiger partial charge in [-0.25, -0.2) is 0 Å². The number of rotatable bonds is 4. The zero-order chi connectivity index (χ0) is 13.0. The first-order chi connectivity index (χ1) is 8.69. The summed E-state index contributed by atoms with van der Waals surface area (Å²) in [6.07, 6.45) is 0. The minimum absolute atomic E-state index is 0.0103. The van der Waals surface area contributed by atoms with Gasteiger partial charge in [0.2, 0.25) is 0 Å². The summed E-state index contributed by atoms with van der Waals surface area (Å²) < 4.78 is 1.02. The standard InChI is InChI=1S/C14H13BrClNO/c15-11-4-6-13(7-5-11)17-14(9-18)10-2-1-3-12(16)8-10/h1-8,14,17-18H,9H2. The van der Waals surface area contributed by atoms with Crippen molar-refractivity contribution in [1.29, 1.82) is 0 Å². The molecule has 0 radical (unpaired) electrons. The maximum Gasteiger partial charge on any atom is 0.0745 e. The lowest BCUT2D eigenvalue weighted by molar-refractivity contribution is 0.276. The highest BCUT2D eigenvalue weighted by Crippen LogP contribution is 2.23. The van der Waals surface area contributed by atoms with Crippen LogP contribution < -0.4 is 5.32 Å². The van der Waals surface area contributed by atoms with Gasteiger partial charge in [-0.3, -0.25) is 0 Å². The van der Waals surface area contributed by atoms with Crippen LogP contribution in [0.1, 0.15) is 11.6 Å². The Morgan fingerprint density at radius 2 is 1.89 bits per heavy atom. The monoisotopic (exact) mass is 325 g/mol. The summed E-state index contributed by atoms with van der Waals surface area (Å²) in [6, 6.07) is 15.2. The van der Waals surface area contributed by atoms with E-state index < -0.39 is 0 Å². The molecule has 1 unspecified atom stereocenters. The molecule has 0 saturated heterocycles. The van der Waals surface area contributed by atoms with Gasteiger partial charge in [-0.1, -0.05) is 39.7 Å². The maximum atomic E-state index is 9.47. The van der Waals surface area contributed by atoms with E-state index in [1.54, 1.807) is 0 Å². The fourth-order valence-electron chi connectivity index (χ4n) is 1.71. The summed E-state index contributed by atoms with van der Waals surface area (Å²) in [6.45, 7) is 0.0103. The van der Waals surface area contributed by atoms with Gasteiger partial charge in [-0.2, -0.15) is 0 Å². The van der Waals surface area contributed by atoms with Gasteiger partial charge < -0.3 is 10.4 Å². The summed E-state index contributed by atoms with van der Waals surface area (Å²) in [5.74, 6) is 0. The molecule has 0 aliphatic heterocycles. The normalized spacial score (nSPS) is 12.2. The number of anilines is 1. The van der Waals surface area contributed by atoms with Crippen molar-refractivity contribution in [3.8, 4) is 0 Å². The van der Waals surface area contributed by atoms with E-state index in [0.29, 0.717) is 5.02 Å². The minimum atomic E-state index is -0.162. The quantitative estimate of drug-likeness (QED) is 0.880. The van der Waals surface area contributed by atoms with E-state index in [2.05, 4.69) is 21.2 Å².